The van der Waals surface area contributed by atoms with Gasteiger partial charge in [-0.15, -0.1) is 0 Å². The van der Waals surface area contributed by atoms with E-state index < -0.39 is 0 Å². The topological polar surface area (TPSA) is 41.6 Å². The summed E-state index contributed by atoms with van der Waals surface area (Å²) < 4.78 is 7.56. The number of rotatable bonds is 1. The average Bonchev–Trinajstić information content (AvgIpc) is 2.72. The molecule has 3 aromatic rings. The Balaban J connectivity index is 2.19. The second-order valence-electron chi connectivity index (χ2n) is 3.31. The second kappa shape index (κ2) is 3.20. The predicted molar refractivity (Wildman–Crippen MR) is 59.3 cm³/mol. The zero-order chi connectivity index (χ0) is 11.0. The van der Waals surface area contributed by atoms with Crippen molar-refractivity contribution in [1.82, 2.24) is 14.9 Å². The highest BCUT2D eigenvalue weighted by molar-refractivity contribution is 5.81. The largest absolute Gasteiger partial charge is 0.345 e. The molecule has 0 bridgehead atoms. The maximum Gasteiger partial charge on any atom is 0.168 e. The Labute approximate surface area is 88.3 Å². The van der Waals surface area contributed by atoms with Crippen LogP contribution in [0.15, 0.2) is 49.1 Å². The van der Waals surface area contributed by atoms with Gasteiger partial charge in [-0.1, -0.05) is 6.07 Å². The molecule has 0 fully saturated rings. The van der Waals surface area contributed by atoms with Crippen molar-refractivity contribution < 1.29 is 1.41 Å². The van der Waals surface area contributed by atoms with Crippen molar-refractivity contribution in [2.24, 2.45) is 0 Å². The molecule has 0 amide bonds. The van der Waals surface area contributed by atoms with Crippen molar-refractivity contribution in [3.05, 3.63) is 49.1 Å². The minimum absolute atomic E-state index is 0.817. The van der Waals surface area contributed by atoms with Gasteiger partial charge in [0, 0.05) is 12.4 Å². The molecule has 0 unspecified atom stereocenters. The van der Waals surface area contributed by atoms with Crippen LogP contribution in [0.25, 0.3) is 22.2 Å². The Hall–Kier alpha value is -2.16. The molecule has 0 aliphatic rings. The molecule has 1 N–H and O–H groups in total. The Morgan fingerprint density at radius 2 is 1.93 bits per heavy atom. The third-order valence-electron chi connectivity index (χ3n) is 2.38. The number of aromatic nitrogens is 3. The van der Waals surface area contributed by atoms with Gasteiger partial charge in [-0.2, -0.15) is 0 Å². The van der Waals surface area contributed by atoms with E-state index in [0.717, 1.165) is 22.2 Å². The van der Waals surface area contributed by atoms with Crippen molar-refractivity contribution in [3.63, 3.8) is 0 Å². The Morgan fingerprint density at radius 1 is 1.07 bits per heavy atom. The minimum Gasteiger partial charge on any atom is -0.345 e. The Morgan fingerprint density at radius 3 is 2.80 bits per heavy atom. The number of nitrogens with zero attached hydrogens (tertiary/aromatic N) is 2. The van der Waals surface area contributed by atoms with E-state index in [9.17, 15) is 0 Å². The van der Waals surface area contributed by atoms with Crippen LogP contribution in [0.4, 0.5) is 0 Å². The summed E-state index contributed by atoms with van der Waals surface area (Å²) in [7, 11) is 0. The normalized spacial score (nSPS) is 11.6. The molecular weight excluding hydrogens is 186 g/mol. The highest BCUT2D eigenvalue weighted by atomic mass is 14.9. The van der Waals surface area contributed by atoms with E-state index in [1.165, 1.54) is 11.3 Å². The standard InChI is InChI=1S/C12H9N3/c1-2-11-12(15-8-14-11)7-10(1)9-3-5-13-6-4-9/h1-8H,(H,14,15)/i/hD. The summed E-state index contributed by atoms with van der Waals surface area (Å²) in [4.78, 5) is 9.42. The van der Waals surface area contributed by atoms with Gasteiger partial charge in [0.1, 0.15) is 0 Å². The molecule has 0 aliphatic heterocycles. The minimum atomic E-state index is 0.817. The zero-order valence-corrected chi connectivity index (χ0v) is 7.96. The van der Waals surface area contributed by atoms with Gasteiger partial charge in [-0.05, 0) is 35.4 Å². The number of imidazole rings is 1. The van der Waals surface area contributed by atoms with Crippen LogP contribution in [0.1, 0.15) is 0 Å². The van der Waals surface area contributed by atoms with Gasteiger partial charge in [0.05, 0.1) is 17.4 Å². The van der Waals surface area contributed by atoms with E-state index in [1.54, 1.807) is 12.4 Å². The molecule has 2 heterocycles. The zero-order valence-electron chi connectivity index (χ0n) is 8.96. The average molecular weight is 196 g/mol. The Kier molecular flexibility index (Phi) is 1.53. The van der Waals surface area contributed by atoms with Gasteiger partial charge < -0.3 is 4.98 Å². The SMILES string of the molecule is [2H]n1cnc2cc(-c3ccncc3)ccc21. The molecule has 1 aromatic carbocycles. The van der Waals surface area contributed by atoms with E-state index >= 15 is 0 Å². The van der Waals surface area contributed by atoms with Crippen LogP contribution in [0.5, 0.6) is 0 Å². The van der Waals surface area contributed by atoms with Gasteiger partial charge in [-0.25, -0.2) is 4.98 Å². The highest BCUT2D eigenvalue weighted by Gasteiger charge is 2.00. The van der Waals surface area contributed by atoms with Crippen LogP contribution in [0.3, 0.4) is 0 Å². The van der Waals surface area contributed by atoms with Gasteiger partial charge >= 0.3 is 0 Å². The maximum absolute atomic E-state index is 7.56. The summed E-state index contributed by atoms with van der Waals surface area (Å²) in [5.74, 6) is 0. The first-order valence-electron chi connectivity index (χ1n) is 5.16. The monoisotopic (exact) mass is 196 g/mol. The molecule has 0 aliphatic carbocycles. The molecule has 72 valence electrons. The number of hydrogen-bond donors (Lipinski definition) is 1. The first kappa shape index (κ1) is 7.17. The molecule has 0 saturated carbocycles. The van der Waals surface area contributed by atoms with E-state index in [-0.39, 0.29) is 0 Å². The molecule has 0 spiro atoms. The van der Waals surface area contributed by atoms with Gasteiger partial charge in [0.2, 0.25) is 0 Å². The second-order valence-corrected chi connectivity index (χ2v) is 3.31. The fourth-order valence-electron chi connectivity index (χ4n) is 1.61. The van der Waals surface area contributed by atoms with Crippen LogP contribution in [0, 0.1) is 0 Å². The summed E-state index contributed by atoms with van der Waals surface area (Å²) in [6.45, 7) is 0. The number of aromatic amines is 1. The Bertz CT molecular complexity index is 631. The highest BCUT2D eigenvalue weighted by Crippen LogP contribution is 2.21. The summed E-state index contributed by atoms with van der Waals surface area (Å²) in [5.41, 5.74) is 3.85. The van der Waals surface area contributed by atoms with E-state index in [2.05, 4.69) is 9.97 Å². The molecule has 0 saturated heterocycles. The summed E-state index contributed by atoms with van der Waals surface area (Å²) in [5, 5.41) is 0. The predicted octanol–water partition coefficient (Wildman–Crippen LogP) is 2.62. The smallest absolute Gasteiger partial charge is 0.168 e. The fourth-order valence-corrected chi connectivity index (χ4v) is 1.61. The first-order chi connectivity index (χ1) is 7.84. The molecule has 3 heteroatoms. The van der Waals surface area contributed by atoms with Crippen molar-refractivity contribution in [2.45, 2.75) is 0 Å². The van der Waals surface area contributed by atoms with Crippen molar-refractivity contribution >= 4 is 11.0 Å². The number of nitrogens with one attached hydrogen (secondary N) is 1. The fraction of sp³-hybridized carbons (Fsp3) is 0. The van der Waals surface area contributed by atoms with E-state index in [0.29, 0.717) is 0 Å². The lowest BCUT2D eigenvalue weighted by molar-refractivity contribution is 1.33. The lowest BCUT2D eigenvalue weighted by Gasteiger charge is -1.99. The number of hydrogen-bond acceptors (Lipinski definition) is 2. The molecular formula is C12H9N3. The van der Waals surface area contributed by atoms with Crippen LogP contribution in [-0.4, -0.2) is 14.9 Å². The van der Waals surface area contributed by atoms with Crippen molar-refractivity contribution in [2.75, 3.05) is 0 Å². The van der Waals surface area contributed by atoms with E-state index in [1.807, 2.05) is 30.3 Å². The molecule has 0 radical (unpaired) electrons. The molecule has 2 aromatic heterocycles. The summed E-state index contributed by atoms with van der Waals surface area (Å²) in [6, 6.07) is 9.79. The molecule has 15 heavy (non-hydrogen) atoms. The number of H-pyrrole nitrogens is 1. The first-order valence-corrected chi connectivity index (χ1v) is 4.71. The number of benzene rings is 1. The molecule has 0 atom stereocenters. The van der Waals surface area contributed by atoms with Crippen LogP contribution < -0.4 is 0 Å². The van der Waals surface area contributed by atoms with Gasteiger partial charge in [-0.3, -0.25) is 4.98 Å². The van der Waals surface area contributed by atoms with Crippen LogP contribution >= 0.6 is 0 Å². The van der Waals surface area contributed by atoms with E-state index in [4.69, 9.17) is 1.41 Å². The number of pyridine rings is 1. The lowest BCUT2D eigenvalue weighted by atomic mass is 10.1. The van der Waals surface area contributed by atoms with Crippen LogP contribution in [0.2, 0.25) is 1.41 Å². The van der Waals surface area contributed by atoms with Gasteiger partial charge in [0.25, 0.3) is 0 Å². The third kappa shape index (κ3) is 1.38. The molecule has 3 nitrogen and oxygen atoms in total. The van der Waals surface area contributed by atoms with Crippen molar-refractivity contribution in [3.8, 4) is 11.1 Å². The van der Waals surface area contributed by atoms with Gasteiger partial charge in [0.15, 0.2) is 1.41 Å². The van der Waals surface area contributed by atoms with Crippen molar-refractivity contribution in [1.29, 1.82) is 0 Å². The summed E-state index contributed by atoms with van der Waals surface area (Å²) in [6.07, 6.45) is 5.03. The molecule has 3 rings (SSSR count). The quantitative estimate of drug-likeness (QED) is 0.650. The third-order valence-corrected chi connectivity index (χ3v) is 2.38. The van der Waals surface area contributed by atoms with Crippen LogP contribution in [-0.2, 0) is 0 Å². The maximum atomic E-state index is 7.56. The number of fused-ring (bicyclic) bond motifs is 1. The lowest BCUT2D eigenvalue weighted by Crippen LogP contribution is -1.78. The summed E-state index contributed by atoms with van der Waals surface area (Å²) >= 11 is 0.